The average Bonchev–Trinajstić information content (AvgIpc) is 3.17. The Kier molecular flexibility index (Phi) is 6.31. The summed E-state index contributed by atoms with van der Waals surface area (Å²) >= 11 is 0.374. The number of nitrogens with one attached hydrogen (secondary N) is 1. The molecule has 0 spiro atoms. The zero-order valence-corrected chi connectivity index (χ0v) is 16.6. The van der Waals surface area contributed by atoms with Crippen molar-refractivity contribution in [3.05, 3.63) is 52.3 Å². The molecule has 0 bridgehead atoms. The Morgan fingerprint density at radius 2 is 1.81 bits per heavy atom. The van der Waals surface area contributed by atoms with Crippen LogP contribution in [0.5, 0.6) is 11.8 Å². The summed E-state index contributed by atoms with van der Waals surface area (Å²) in [6, 6.07) is 1.98. The molecular formula is C17H13F4N5O4S. The minimum atomic E-state index is -4.94. The zero-order valence-electron chi connectivity index (χ0n) is 15.8. The van der Waals surface area contributed by atoms with Crippen LogP contribution in [0.2, 0.25) is 0 Å². The molecule has 0 aromatic carbocycles. The van der Waals surface area contributed by atoms with Crippen molar-refractivity contribution in [3.63, 3.8) is 0 Å². The second kappa shape index (κ2) is 8.77. The number of anilines is 1. The standard InChI is InChI=1S/C17H13F4N5O4S/c1-29-14-9(15(30-2)24-6-23-14)13(28)26-16-25-12(17(19,20)21)11(31-16)10(27)8-4-3-7(18)5-22-8/h3-6,10,27H,1-2H3,(H,25,26,28). The Hall–Kier alpha value is -3.39. The van der Waals surface area contributed by atoms with Gasteiger partial charge in [0.15, 0.2) is 16.4 Å². The molecule has 14 heteroatoms. The fourth-order valence-electron chi connectivity index (χ4n) is 2.47. The molecule has 1 unspecified atom stereocenters. The van der Waals surface area contributed by atoms with E-state index >= 15 is 0 Å². The maximum absolute atomic E-state index is 13.5. The number of pyridine rings is 1. The Bertz CT molecular complexity index is 1070. The molecule has 3 aromatic rings. The maximum atomic E-state index is 13.5. The third-order valence-electron chi connectivity index (χ3n) is 3.81. The van der Waals surface area contributed by atoms with Crippen molar-refractivity contribution in [2.45, 2.75) is 12.3 Å². The molecule has 1 atom stereocenters. The Balaban J connectivity index is 1.98. The van der Waals surface area contributed by atoms with Crippen LogP contribution in [0.25, 0.3) is 0 Å². The first kappa shape index (κ1) is 22.3. The van der Waals surface area contributed by atoms with Crippen molar-refractivity contribution in [2.24, 2.45) is 0 Å². The number of hydrogen-bond donors (Lipinski definition) is 2. The number of methoxy groups -OCH3 is 2. The predicted octanol–water partition coefficient (Wildman–Crippen LogP) is 2.84. The monoisotopic (exact) mass is 459 g/mol. The Labute approximate surface area is 175 Å². The number of thiazole rings is 1. The van der Waals surface area contributed by atoms with Crippen LogP contribution in [-0.2, 0) is 6.18 Å². The number of aliphatic hydroxyl groups excluding tert-OH is 1. The van der Waals surface area contributed by atoms with Gasteiger partial charge in [0.25, 0.3) is 5.91 Å². The smallest absolute Gasteiger partial charge is 0.434 e. The quantitative estimate of drug-likeness (QED) is 0.540. The van der Waals surface area contributed by atoms with E-state index in [2.05, 4.69) is 25.3 Å². The first-order chi connectivity index (χ1) is 14.7. The molecule has 9 nitrogen and oxygen atoms in total. The number of carbonyl (C=O) groups is 1. The van der Waals surface area contributed by atoms with Gasteiger partial charge in [0.2, 0.25) is 11.8 Å². The minimum absolute atomic E-state index is 0.173. The predicted molar refractivity (Wildman–Crippen MR) is 98.5 cm³/mol. The summed E-state index contributed by atoms with van der Waals surface area (Å²) < 4.78 is 63.4. The molecule has 2 N–H and O–H groups in total. The SMILES string of the molecule is COc1ncnc(OC)c1C(=O)Nc1nc(C(F)(F)F)c(C(O)c2ccc(F)cn2)s1. The summed E-state index contributed by atoms with van der Waals surface area (Å²) in [5, 5.41) is 12.1. The van der Waals surface area contributed by atoms with E-state index in [4.69, 9.17) is 9.47 Å². The molecule has 0 radical (unpaired) electrons. The van der Waals surface area contributed by atoms with Crippen molar-refractivity contribution in [1.29, 1.82) is 0 Å². The number of carbonyl (C=O) groups excluding carboxylic acids is 1. The highest BCUT2D eigenvalue weighted by Gasteiger charge is 2.40. The summed E-state index contributed by atoms with van der Waals surface area (Å²) in [4.78, 5) is 26.5. The van der Waals surface area contributed by atoms with Gasteiger partial charge < -0.3 is 14.6 Å². The number of nitrogens with zero attached hydrogens (tertiary/aromatic N) is 4. The number of halogens is 4. The van der Waals surface area contributed by atoms with Crippen LogP contribution >= 0.6 is 11.3 Å². The van der Waals surface area contributed by atoms with Gasteiger partial charge in [-0.3, -0.25) is 15.1 Å². The highest BCUT2D eigenvalue weighted by atomic mass is 32.1. The van der Waals surface area contributed by atoms with Crippen LogP contribution in [-0.4, -0.2) is 45.2 Å². The molecule has 0 aliphatic carbocycles. The molecule has 3 aromatic heterocycles. The van der Waals surface area contributed by atoms with Crippen molar-refractivity contribution < 1.29 is 36.9 Å². The normalized spacial score (nSPS) is 12.4. The highest BCUT2D eigenvalue weighted by Crippen LogP contribution is 2.41. The van der Waals surface area contributed by atoms with Crippen LogP contribution < -0.4 is 14.8 Å². The van der Waals surface area contributed by atoms with E-state index in [0.717, 1.165) is 24.7 Å². The summed E-state index contributed by atoms with van der Waals surface area (Å²) in [7, 11) is 2.46. The molecule has 0 aliphatic rings. The molecule has 164 valence electrons. The zero-order chi connectivity index (χ0) is 22.8. The summed E-state index contributed by atoms with van der Waals surface area (Å²) in [5.74, 6) is -2.02. The van der Waals surface area contributed by atoms with Gasteiger partial charge in [-0.2, -0.15) is 13.2 Å². The van der Waals surface area contributed by atoms with Crippen molar-refractivity contribution >= 4 is 22.4 Å². The summed E-state index contributed by atoms with van der Waals surface area (Å²) in [6.45, 7) is 0. The first-order valence-electron chi connectivity index (χ1n) is 8.27. The van der Waals surface area contributed by atoms with Crippen LogP contribution in [0.15, 0.2) is 24.7 Å². The average molecular weight is 459 g/mol. The van der Waals surface area contributed by atoms with Gasteiger partial charge in [0, 0.05) is 0 Å². The lowest BCUT2D eigenvalue weighted by Gasteiger charge is -2.11. The first-order valence-corrected chi connectivity index (χ1v) is 9.09. The van der Waals surface area contributed by atoms with Gasteiger partial charge in [0.1, 0.15) is 18.2 Å². The molecule has 0 aliphatic heterocycles. The number of aromatic nitrogens is 4. The van der Waals surface area contributed by atoms with Crippen LogP contribution in [0.4, 0.5) is 22.7 Å². The number of amides is 1. The van der Waals surface area contributed by atoms with Gasteiger partial charge in [0.05, 0.1) is 31.0 Å². The van der Waals surface area contributed by atoms with E-state index in [1.807, 2.05) is 0 Å². The summed E-state index contributed by atoms with van der Waals surface area (Å²) in [6.07, 6.45) is -4.97. The number of hydrogen-bond acceptors (Lipinski definition) is 9. The topological polar surface area (TPSA) is 119 Å². The van der Waals surface area contributed by atoms with E-state index in [1.54, 1.807) is 0 Å². The molecule has 31 heavy (non-hydrogen) atoms. The molecule has 3 rings (SSSR count). The lowest BCUT2D eigenvalue weighted by Crippen LogP contribution is -2.16. The molecule has 0 saturated carbocycles. The van der Waals surface area contributed by atoms with Gasteiger partial charge in [-0.15, -0.1) is 0 Å². The van der Waals surface area contributed by atoms with E-state index < -0.39 is 39.7 Å². The van der Waals surface area contributed by atoms with Gasteiger partial charge >= 0.3 is 6.18 Å². The Morgan fingerprint density at radius 3 is 2.32 bits per heavy atom. The number of alkyl halides is 3. The molecule has 0 saturated heterocycles. The van der Waals surface area contributed by atoms with Crippen LogP contribution in [0.3, 0.4) is 0 Å². The van der Waals surface area contributed by atoms with E-state index in [-0.39, 0.29) is 23.0 Å². The van der Waals surface area contributed by atoms with E-state index in [1.165, 1.54) is 14.2 Å². The highest BCUT2D eigenvalue weighted by molar-refractivity contribution is 7.16. The second-order valence-electron chi connectivity index (χ2n) is 5.75. The fraction of sp³-hybridized carbons (Fsp3) is 0.235. The van der Waals surface area contributed by atoms with Crippen LogP contribution in [0.1, 0.15) is 32.7 Å². The van der Waals surface area contributed by atoms with Crippen molar-refractivity contribution in [3.8, 4) is 11.8 Å². The molecule has 0 fully saturated rings. The lowest BCUT2D eigenvalue weighted by atomic mass is 10.1. The van der Waals surface area contributed by atoms with E-state index in [9.17, 15) is 27.5 Å². The van der Waals surface area contributed by atoms with Crippen molar-refractivity contribution in [2.75, 3.05) is 19.5 Å². The molecular weight excluding hydrogens is 446 g/mol. The lowest BCUT2D eigenvalue weighted by molar-refractivity contribution is -0.142. The van der Waals surface area contributed by atoms with Gasteiger partial charge in [-0.05, 0) is 12.1 Å². The van der Waals surface area contributed by atoms with Crippen molar-refractivity contribution in [1.82, 2.24) is 19.9 Å². The largest absolute Gasteiger partial charge is 0.480 e. The Morgan fingerprint density at radius 1 is 1.16 bits per heavy atom. The maximum Gasteiger partial charge on any atom is 0.434 e. The molecule has 1 amide bonds. The molecule has 3 heterocycles. The number of rotatable bonds is 6. The second-order valence-corrected chi connectivity index (χ2v) is 6.79. The third-order valence-corrected chi connectivity index (χ3v) is 4.84. The number of ether oxygens (including phenoxy) is 2. The van der Waals surface area contributed by atoms with Crippen LogP contribution in [0, 0.1) is 5.82 Å². The number of aliphatic hydroxyl groups is 1. The fourth-order valence-corrected chi connectivity index (χ4v) is 3.45. The van der Waals surface area contributed by atoms with Gasteiger partial charge in [-0.25, -0.2) is 19.3 Å². The summed E-state index contributed by atoms with van der Waals surface area (Å²) in [5.41, 5.74) is -1.92. The van der Waals surface area contributed by atoms with Gasteiger partial charge in [-0.1, -0.05) is 11.3 Å². The van der Waals surface area contributed by atoms with E-state index in [0.29, 0.717) is 11.3 Å². The minimum Gasteiger partial charge on any atom is -0.480 e. The third kappa shape index (κ3) is 4.69.